The Morgan fingerprint density at radius 2 is 1.75 bits per heavy atom. The van der Waals surface area contributed by atoms with Crippen LogP contribution in [0.1, 0.15) is 24.4 Å². The minimum Gasteiger partial charge on any atom is -0.412 e. The fraction of sp³-hybridized carbons (Fsp3) is 0.273. The van der Waals surface area contributed by atoms with E-state index in [1.807, 2.05) is 24.3 Å². The Morgan fingerprint density at radius 1 is 1.19 bits per heavy atom. The van der Waals surface area contributed by atoms with Crippen LogP contribution in [0, 0.1) is 0 Å². The number of aliphatic hydroxyl groups is 2. The molecule has 0 bridgehead atoms. The molecule has 0 spiro atoms. The van der Waals surface area contributed by atoms with Gasteiger partial charge in [-0.3, -0.25) is 0 Å². The highest BCUT2D eigenvalue weighted by atomic mass is 16.3. The Bertz CT molecular complexity index is 486. The first-order valence-electron chi connectivity index (χ1n) is 4.77. The van der Waals surface area contributed by atoms with Crippen LogP contribution in [0.3, 0.4) is 0 Å². The molecule has 4 N–H and O–H groups in total. The summed E-state index contributed by atoms with van der Waals surface area (Å²) in [5, 5.41) is 18.6. The molecule has 2 rings (SSSR count). The van der Waals surface area contributed by atoms with Gasteiger partial charge in [0.05, 0.1) is 35.1 Å². The zero-order valence-corrected chi connectivity index (χ0v) is 8.88. The van der Waals surface area contributed by atoms with E-state index in [0.29, 0.717) is 11.4 Å². The van der Waals surface area contributed by atoms with Gasteiger partial charge in [-0.25, -0.2) is 9.97 Å². The maximum Gasteiger partial charge on any atom is 0.0951 e. The zero-order chi connectivity index (χ0) is 10.8. The van der Waals surface area contributed by atoms with Gasteiger partial charge in [-0.05, 0) is 19.1 Å². The molecule has 0 aliphatic carbocycles. The summed E-state index contributed by atoms with van der Waals surface area (Å²) in [5.74, 6) is 0. The molecule has 1 unspecified atom stereocenters. The summed E-state index contributed by atoms with van der Waals surface area (Å²) in [4.78, 5) is 8.52. The molecule has 0 aliphatic heterocycles. The van der Waals surface area contributed by atoms with Crippen molar-refractivity contribution in [3.63, 3.8) is 0 Å². The number of aromatic nitrogens is 2. The predicted molar refractivity (Wildman–Crippen MR) is 59.7 cm³/mol. The summed E-state index contributed by atoms with van der Waals surface area (Å²) in [5.41, 5.74) is 2.33. The first-order chi connectivity index (χ1) is 7.22. The minimum atomic E-state index is -0.718. The molecule has 2 aromatic rings. The van der Waals surface area contributed by atoms with E-state index in [4.69, 9.17) is 5.11 Å². The molecule has 5 heteroatoms. The molecule has 86 valence electrons. The molecular formula is C11H14N2O3. The van der Waals surface area contributed by atoms with E-state index in [9.17, 15) is 5.11 Å². The zero-order valence-electron chi connectivity index (χ0n) is 8.88. The summed E-state index contributed by atoms with van der Waals surface area (Å²) in [6, 6.07) is 7.38. The largest absolute Gasteiger partial charge is 0.412 e. The van der Waals surface area contributed by atoms with Crippen molar-refractivity contribution in [2.75, 3.05) is 0 Å². The normalized spacial score (nSPS) is 12.2. The van der Waals surface area contributed by atoms with Gasteiger partial charge in [0.2, 0.25) is 0 Å². The second-order valence-corrected chi connectivity index (χ2v) is 3.38. The molecule has 0 amide bonds. The topological polar surface area (TPSA) is 97.7 Å². The van der Waals surface area contributed by atoms with Crippen LogP contribution >= 0.6 is 0 Å². The number of nitrogens with zero attached hydrogens (tertiary/aromatic N) is 2. The number of aliphatic hydroxyl groups excluding tert-OH is 2. The third kappa shape index (κ3) is 2.16. The SMILES string of the molecule is CC(O)c1nc2ccccc2nc1CO.O. The number of hydrogen-bond donors (Lipinski definition) is 2. The predicted octanol–water partition coefficient (Wildman–Crippen LogP) is 0.351. The van der Waals surface area contributed by atoms with Crippen LogP contribution in [0.2, 0.25) is 0 Å². The molecule has 0 saturated carbocycles. The van der Waals surface area contributed by atoms with Crippen LogP contribution in [-0.2, 0) is 6.61 Å². The number of hydrogen-bond acceptors (Lipinski definition) is 4. The average Bonchev–Trinajstić information content (AvgIpc) is 2.27. The van der Waals surface area contributed by atoms with Crippen molar-refractivity contribution in [2.24, 2.45) is 0 Å². The van der Waals surface area contributed by atoms with Crippen molar-refractivity contribution in [3.05, 3.63) is 35.7 Å². The third-order valence-electron chi connectivity index (χ3n) is 2.22. The summed E-state index contributed by atoms with van der Waals surface area (Å²) >= 11 is 0. The molecule has 0 fully saturated rings. The van der Waals surface area contributed by atoms with Gasteiger partial charge in [-0.2, -0.15) is 0 Å². The fourth-order valence-corrected chi connectivity index (χ4v) is 1.50. The Hall–Kier alpha value is -1.56. The fourth-order valence-electron chi connectivity index (χ4n) is 1.50. The van der Waals surface area contributed by atoms with Gasteiger partial charge in [0, 0.05) is 0 Å². The van der Waals surface area contributed by atoms with E-state index in [-0.39, 0.29) is 12.1 Å². The van der Waals surface area contributed by atoms with Gasteiger partial charge in [-0.1, -0.05) is 12.1 Å². The third-order valence-corrected chi connectivity index (χ3v) is 2.22. The van der Waals surface area contributed by atoms with Crippen molar-refractivity contribution in [1.82, 2.24) is 9.97 Å². The van der Waals surface area contributed by atoms with Crippen LogP contribution in [0.25, 0.3) is 11.0 Å². The molecule has 1 atom stereocenters. The first kappa shape index (κ1) is 12.5. The molecule has 0 saturated heterocycles. The molecule has 1 aromatic carbocycles. The summed E-state index contributed by atoms with van der Waals surface area (Å²) < 4.78 is 0. The van der Waals surface area contributed by atoms with Crippen molar-refractivity contribution < 1.29 is 15.7 Å². The van der Waals surface area contributed by atoms with Crippen LogP contribution in [-0.4, -0.2) is 25.7 Å². The van der Waals surface area contributed by atoms with Gasteiger partial charge in [0.15, 0.2) is 0 Å². The number of benzene rings is 1. The van der Waals surface area contributed by atoms with Crippen LogP contribution in [0.4, 0.5) is 0 Å². The lowest BCUT2D eigenvalue weighted by molar-refractivity contribution is 0.187. The molecule has 1 aromatic heterocycles. The Kier molecular flexibility index (Phi) is 3.89. The summed E-state index contributed by atoms with van der Waals surface area (Å²) in [6.45, 7) is 1.40. The highest BCUT2D eigenvalue weighted by molar-refractivity contribution is 5.74. The molecule has 5 nitrogen and oxygen atoms in total. The molecule has 1 heterocycles. The monoisotopic (exact) mass is 222 g/mol. The van der Waals surface area contributed by atoms with E-state index in [2.05, 4.69) is 9.97 Å². The number of rotatable bonds is 2. The lowest BCUT2D eigenvalue weighted by atomic mass is 10.2. The highest BCUT2D eigenvalue weighted by Gasteiger charge is 2.11. The van der Waals surface area contributed by atoms with Gasteiger partial charge < -0.3 is 15.7 Å². The van der Waals surface area contributed by atoms with E-state index in [1.54, 1.807) is 6.92 Å². The lowest BCUT2D eigenvalue weighted by Gasteiger charge is -2.09. The van der Waals surface area contributed by atoms with Crippen molar-refractivity contribution >= 4 is 11.0 Å². The van der Waals surface area contributed by atoms with Crippen LogP contribution < -0.4 is 0 Å². The average molecular weight is 222 g/mol. The van der Waals surface area contributed by atoms with Crippen molar-refractivity contribution in [3.8, 4) is 0 Å². The minimum absolute atomic E-state index is 0. The first-order valence-corrected chi connectivity index (χ1v) is 4.77. The maximum atomic E-state index is 9.48. The second kappa shape index (κ2) is 4.98. The Balaban J connectivity index is 0.00000128. The van der Waals surface area contributed by atoms with Crippen molar-refractivity contribution in [2.45, 2.75) is 19.6 Å². The maximum absolute atomic E-state index is 9.48. The second-order valence-electron chi connectivity index (χ2n) is 3.38. The van der Waals surface area contributed by atoms with E-state index in [1.165, 1.54) is 0 Å². The van der Waals surface area contributed by atoms with Gasteiger partial charge >= 0.3 is 0 Å². The lowest BCUT2D eigenvalue weighted by Crippen LogP contribution is -2.05. The smallest absolute Gasteiger partial charge is 0.0951 e. The highest BCUT2D eigenvalue weighted by Crippen LogP contribution is 2.18. The number of fused-ring (bicyclic) bond motifs is 1. The van der Waals surface area contributed by atoms with Gasteiger partial charge in [0.1, 0.15) is 0 Å². The Morgan fingerprint density at radius 3 is 2.25 bits per heavy atom. The molecule has 16 heavy (non-hydrogen) atoms. The van der Waals surface area contributed by atoms with E-state index in [0.717, 1.165) is 11.0 Å². The quantitative estimate of drug-likeness (QED) is 0.766. The van der Waals surface area contributed by atoms with E-state index >= 15 is 0 Å². The van der Waals surface area contributed by atoms with Crippen LogP contribution in [0.5, 0.6) is 0 Å². The summed E-state index contributed by atoms with van der Waals surface area (Å²) in [6.07, 6.45) is -0.718. The molecule has 0 aliphatic rings. The number of para-hydroxylation sites is 2. The van der Waals surface area contributed by atoms with Crippen molar-refractivity contribution in [1.29, 1.82) is 0 Å². The van der Waals surface area contributed by atoms with Gasteiger partial charge in [0.25, 0.3) is 0 Å². The standard InChI is InChI=1S/C11H12N2O2.H2O/c1-7(15)11-10(6-14)12-8-4-2-3-5-9(8)13-11;/h2-5,7,14-15H,6H2,1H3;1H2. The van der Waals surface area contributed by atoms with Crippen LogP contribution in [0.15, 0.2) is 24.3 Å². The van der Waals surface area contributed by atoms with Gasteiger partial charge in [-0.15, -0.1) is 0 Å². The molecule has 0 radical (unpaired) electrons. The summed E-state index contributed by atoms with van der Waals surface area (Å²) in [7, 11) is 0. The Labute approximate surface area is 92.7 Å². The van der Waals surface area contributed by atoms with E-state index < -0.39 is 6.10 Å². The molecular weight excluding hydrogens is 208 g/mol.